The summed E-state index contributed by atoms with van der Waals surface area (Å²) in [7, 11) is -4.13. The minimum absolute atomic E-state index is 0.0836. The van der Waals surface area contributed by atoms with Crippen LogP contribution in [0, 0.1) is 20.8 Å². The molecule has 7 nitrogen and oxygen atoms in total. The van der Waals surface area contributed by atoms with E-state index in [4.69, 9.17) is 0 Å². The molecule has 0 saturated heterocycles. The largest absolute Gasteiger partial charge is 0.352 e. The van der Waals surface area contributed by atoms with Crippen molar-refractivity contribution < 1.29 is 18.0 Å². The van der Waals surface area contributed by atoms with Gasteiger partial charge in [0.2, 0.25) is 11.8 Å². The Morgan fingerprint density at radius 2 is 1.32 bits per heavy atom. The van der Waals surface area contributed by atoms with Gasteiger partial charge in [0.25, 0.3) is 10.0 Å². The lowest BCUT2D eigenvalue weighted by Gasteiger charge is -2.34. The molecule has 0 unspecified atom stereocenters. The van der Waals surface area contributed by atoms with Crippen LogP contribution in [0.1, 0.15) is 41.7 Å². The summed E-state index contributed by atoms with van der Waals surface area (Å²) in [5.41, 5.74) is 4.98. The highest BCUT2D eigenvalue weighted by Crippen LogP contribution is 2.26. The number of hydrogen-bond acceptors (Lipinski definition) is 4. The van der Waals surface area contributed by atoms with Gasteiger partial charge < -0.3 is 10.2 Å². The van der Waals surface area contributed by atoms with Crippen molar-refractivity contribution >= 4 is 27.5 Å². The number of amides is 2. The van der Waals surface area contributed by atoms with Gasteiger partial charge in [-0.15, -0.1) is 0 Å². The topological polar surface area (TPSA) is 86.8 Å². The van der Waals surface area contributed by atoms with E-state index in [1.54, 1.807) is 36.4 Å². The van der Waals surface area contributed by atoms with Crippen LogP contribution in [0.4, 0.5) is 5.69 Å². The van der Waals surface area contributed by atoms with Crippen LogP contribution < -0.4 is 9.62 Å². The minimum atomic E-state index is -4.13. The zero-order valence-corrected chi connectivity index (χ0v) is 26.8. The molecule has 1 atom stereocenters. The highest BCUT2D eigenvalue weighted by atomic mass is 32.2. The Bertz CT molecular complexity index is 1670. The molecule has 0 spiro atoms. The normalized spacial score (nSPS) is 12.0. The highest BCUT2D eigenvalue weighted by Gasteiger charge is 2.35. The molecule has 230 valence electrons. The summed E-state index contributed by atoms with van der Waals surface area (Å²) >= 11 is 0. The number of hydrogen-bond donors (Lipinski definition) is 1. The van der Waals surface area contributed by atoms with Crippen molar-refractivity contribution in [2.24, 2.45) is 0 Å². The zero-order chi connectivity index (χ0) is 31.9. The van der Waals surface area contributed by atoms with Crippen molar-refractivity contribution in [3.63, 3.8) is 0 Å². The number of benzene rings is 4. The molecular formula is C36H41N3O4S. The molecule has 0 aromatic heterocycles. The van der Waals surface area contributed by atoms with Crippen LogP contribution in [-0.2, 0) is 32.6 Å². The van der Waals surface area contributed by atoms with E-state index in [-0.39, 0.29) is 29.8 Å². The summed E-state index contributed by atoms with van der Waals surface area (Å²) in [6.45, 7) is 9.16. The number of anilines is 1. The standard InChI is InChI=1S/C36H41N3O4S/c1-26(2)37-36(41)34(23-30-12-7-6-8-13-30)38(24-31-14-10-9-11-29(31)5)35(40)25-39(32-19-15-27(3)16-20-32)44(42,43)33-21-17-28(4)18-22-33/h6-22,26,34H,23-25H2,1-5H3,(H,37,41)/t34-/m1/s1. The van der Waals surface area contributed by atoms with Crippen molar-refractivity contribution in [2.75, 3.05) is 10.8 Å². The van der Waals surface area contributed by atoms with E-state index in [0.717, 1.165) is 32.1 Å². The second-order valence-corrected chi connectivity index (χ2v) is 13.3. The molecule has 0 saturated carbocycles. The van der Waals surface area contributed by atoms with E-state index in [1.807, 2.05) is 101 Å². The van der Waals surface area contributed by atoms with E-state index in [9.17, 15) is 18.0 Å². The number of rotatable bonds is 12. The first-order chi connectivity index (χ1) is 21.0. The highest BCUT2D eigenvalue weighted by molar-refractivity contribution is 7.92. The van der Waals surface area contributed by atoms with E-state index in [0.29, 0.717) is 5.69 Å². The third-order valence-corrected chi connectivity index (χ3v) is 9.30. The third-order valence-electron chi connectivity index (χ3n) is 7.51. The minimum Gasteiger partial charge on any atom is -0.352 e. The number of nitrogens with zero attached hydrogens (tertiary/aromatic N) is 2. The van der Waals surface area contributed by atoms with Crippen LogP contribution in [0.3, 0.4) is 0 Å². The Kier molecular flexibility index (Phi) is 10.6. The van der Waals surface area contributed by atoms with Gasteiger partial charge in [-0.3, -0.25) is 13.9 Å². The van der Waals surface area contributed by atoms with Crippen molar-refractivity contribution in [2.45, 2.75) is 64.6 Å². The van der Waals surface area contributed by atoms with Gasteiger partial charge in [0.05, 0.1) is 10.6 Å². The first-order valence-corrected chi connectivity index (χ1v) is 16.2. The maximum Gasteiger partial charge on any atom is 0.264 e. The predicted octanol–water partition coefficient (Wildman–Crippen LogP) is 5.97. The van der Waals surface area contributed by atoms with E-state index in [1.165, 1.54) is 4.90 Å². The number of aryl methyl sites for hydroxylation is 3. The van der Waals surface area contributed by atoms with Crippen molar-refractivity contribution in [1.29, 1.82) is 0 Å². The lowest BCUT2D eigenvalue weighted by Crippen LogP contribution is -2.54. The van der Waals surface area contributed by atoms with Gasteiger partial charge in [-0.05, 0) is 75.6 Å². The second kappa shape index (κ2) is 14.4. The smallest absolute Gasteiger partial charge is 0.264 e. The average molecular weight is 612 g/mol. The zero-order valence-electron chi connectivity index (χ0n) is 26.0. The number of nitrogens with one attached hydrogen (secondary N) is 1. The molecule has 44 heavy (non-hydrogen) atoms. The van der Waals surface area contributed by atoms with E-state index in [2.05, 4.69) is 5.32 Å². The van der Waals surface area contributed by atoms with Gasteiger partial charge in [0.1, 0.15) is 12.6 Å². The maximum absolute atomic E-state index is 14.5. The molecule has 0 heterocycles. The number of carbonyl (C=O) groups is 2. The third kappa shape index (κ3) is 8.14. The molecule has 8 heteroatoms. The summed E-state index contributed by atoms with van der Waals surface area (Å²) < 4.78 is 29.4. The first kappa shape index (κ1) is 32.5. The van der Waals surface area contributed by atoms with Crippen LogP contribution in [0.25, 0.3) is 0 Å². The molecule has 2 amide bonds. The van der Waals surface area contributed by atoms with Crippen LogP contribution in [0.2, 0.25) is 0 Å². The Morgan fingerprint density at radius 3 is 1.91 bits per heavy atom. The molecule has 0 fully saturated rings. The van der Waals surface area contributed by atoms with Gasteiger partial charge in [0.15, 0.2) is 0 Å². The van der Waals surface area contributed by atoms with Gasteiger partial charge in [-0.25, -0.2) is 8.42 Å². The fourth-order valence-electron chi connectivity index (χ4n) is 4.98. The van der Waals surface area contributed by atoms with Crippen LogP contribution in [0.5, 0.6) is 0 Å². The van der Waals surface area contributed by atoms with Crippen molar-refractivity contribution in [3.8, 4) is 0 Å². The molecule has 4 aromatic carbocycles. The quantitative estimate of drug-likeness (QED) is 0.214. The summed E-state index contributed by atoms with van der Waals surface area (Å²) in [5, 5.41) is 2.99. The molecule has 0 radical (unpaired) electrons. The average Bonchev–Trinajstić information content (AvgIpc) is 2.99. The van der Waals surface area contributed by atoms with Gasteiger partial charge in [-0.2, -0.15) is 0 Å². The molecule has 0 aliphatic carbocycles. The van der Waals surface area contributed by atoms with Crippen LogP contribution in [0.15, 0.2) is 108 Å². The molecule has 0 aliphatic rings. The summed E-state index contributed by atoms with van der Waals surface area (Å²) in [6, 6.07) is 29.8. The fraction of sp³-hybridized carbons (Fsp3) is 0.278. The first-order valence-electron chi connectivity index (χ1n) is 14.8. The van der Waals surface area contributed by atoms with Gasteiger partial charge >= 0.3 is 0 Å². The summed E-state index contributed by atoms with van der Waals surface area (Å²) in [5.74, 6) is -0.779. The van der Waals surface area contributed by atoms with Crippen LogP contribution >= 0.6 is 0 Å². The number of sulfonamides is 1. The molecule has 0 aliphatic heterocycles. The second-order valence-electron chi connectivity index (χ2n) is 11.5. The van der Waals surface area contributed by atoms with Crippen molar-refractivity contribution in [1.82, 2.24) is 10.2 Å². The lowest BCUT2D eigenvalue weighted by atomic mass is 10.0. The Morgan fingerprint density at radius 1 is 0.750 bits per heavy atom. The number of carbonyl (C=O) groups excluding carboxylic acids is 2. The Hall–Kier alpha value is -4.43. The SMILES string of the molecule is Cc1ccc(N(CC(=O)N(Cc2ccccc2C)[C@H](Cc2ccccc2)C(=O)NC(C)C)S(=O)(=O)c2ccc(C)cc2)cc1. The molecule has 0 bridgehead atoms. The van der Waals surface area contributed by atoms with E-state index < -0.39 is 28.5 Å². The van der Waals surface area contributed by atoms with Gasteiger partial charge in [0, 0.05) is 19.0 Å². The van der Waals surface area contributed by atoms with E-state index >= 15 is 0 Å². The Balaban J connectivity index is 1.81. The van der Waals surface area contributed by atoms with Crippen LogP contribution in [-0.4, -0.2) is 43.8 Å². The lowest BCUT2D eigenvalue weighted by molar-refractivity contribution is -0.140. The molecular weight excluding hydrogens is 570 g/mol. The predicted molar refractivity (Wildman–Crippen MR) is 176 cm³/mol. The summed E-state index contributed by atoms with van der Waals surface area (Å²) in [6.07, 6.45) is 0.270. The molecule has 1 N–H and O–H groups in total. The maximum atomic E-state index is 14.5. The monoisotopic (exact) mass is 611 g/mol. The van der Waals surface area contributed by atoms with Crippen molar-refractivity contribution in [3.05, 3.63) is 131 Å². The Labute approximate surface area is 261 Å². The van der Waals surface area contributed by atoms with Gasteiger partial charge in [-0.1, -0.05) is 90.0 Å². The summed E-state index contributed by atoms with van der Waals surface area (Å²) in [4.78, 5) is 29.9. The molecule has 4 rings (SSSR count). The fourth-order valence-corrected chi connectivity index (χ4v) is 6.40. The molecule has 4 aromatic rings.